The number of benzene rings is 3. The first-order chi connectivity index (χ1) is 19.0. The maximum Gasteiger partial charge on any atom is 0.264 e. The third-order valence-corrected chi connectivity index (χ3v) is 9.06. The molecule has 3 aromatic carbocycles. The minimum absolute atomic E-state index is 0.0204. The summed E-state index contributed by atoms with van der Waals surface area (Å²) in [6.45, 7) is 5.38. The van der Waals surface area contributed by atoms with Gasteiger partial charge in [-0.2, -0.15) is 0 Å². The highest BCUT2D eigenvalue weighted by Crippen LogP contribution is 2.30. The lowest BCUT2D eigenvalue weighted by Crippen LogP contribution is -2.52. The number of anilines is 1. The van der Waals surface area contributed by atoms with Gasteiger partial charge in [0.15, 0.2) is 0 Å². The molecule has 2 amide bonds. The van der Waals surface area contributed by atoms with E-state index in [9.17, 15) is 18.0 Å². The van der Waals surface area contributed by atoms with E-state index in [1.165, 1.54) is 17.0 Å². The fraction of sp³-hybridized carbons (Fsp3) is 0.310. The summed E-state index contributed by atoms with van der Waals surface area (Å²) in [5, 5.41) is 3.95. The van der Waals surface area contributed by atoms with Gasteiger partial charge < -0.3 is 10.2 Å². The summed E-state index contributed by atoms with van der Waals surface area (Å²) in [4.78, 5) is 28.7. The molecule has 0 heterocycles. The standard InChI is InChI=1S/C29H32Cl3N3O4S/c1-4-15-33-29(37)26(5-2)34(18-21-11-13-24(31)25(32)17-21)28(36)19-35(27-14-12-22(30)16-20(27)3)40(38,39)23-9-7-6-8-10-23/h6-14,16-17,26H,4-5,15,18-19H2,1-3H3,(H,33,37). The number of carbonyl (C=O) groups excluding carboxylic acids is 2. The van der Waals surface area contributed by atoms with Crippen LogP contribution in [0.25, 0.3) is 0 Å². The van der Waals surface area contributed by atoms with Crippen LogP contribution in [0.2, 0.25) is 15.1 Å². The smallest absolute Gasteiger partial charge is 0.264 e. The lowest BCUT2D eigenvalue weighted by Gasteiger charge is -2.33. The van der Waals surface area contributed by atoms with Crippen molar-refractivity contribution in [3.05, 3.63) is 92.9 Å². The first kappa shape index (κ1) is 31.7. The minimum Gasteiger partial charge on any atom is -0.354 e. The molecule has 1 unspecified atom stereocenters. The lowest BCUT2D eigenvalue weighted by atomic mass is 10.1. The largest absolute Gasteiger partial charge is 0.354 e. The fourth-order valence-corrected chi connectivity index (χ4v) is 6.30. The van der Waals surface area contributed by atoms with Gasteiger partial charge in [-0.15, -0.1) is 0 Å². The van der Waals surface area contributed by atoms with Crippen LogP contribution >= 0.6 is 34.8 Å². The van der Waals surface area contributed by atoms with Crippen LogP contribution in [-0.2, 0) is 26.2 Å². The van der Waals surface area contributed by atoms with Crippen LogP contribution in [0.15, 0.2) is 71.6 Å². The van der Waals surface area contributed by atoms with E-state index in [2.05, 4.69) is 5.32 Å². The van der Waals surface area contributed by atoms with Crippen LogP contribution in [0.4, 0.5) is 5.69 Å². The van der Waals surface area contributed by atoms with Crippen molar-refractivity contribution in [2.45, 2.75) is 51.1 Å². The molecule has 0 fully saturated rings. The molecule has 40 heavy (non-hydrogen) atoms. The molecule has 0 saturated heterocycles. The molecular weight excluding hydrogens is 593 g/mol. The van der Waals surface area contributed by atoms with Crippen LogP contribution < -0.4 is 9.62 Å². The number of hydrogen-bond acceptors (Lipinski definition) is 4. The van der Waals surface area contributed by atoms with Crippen LogP contribution in [0.3, 0.4) is 0 Å². The van der Waals surface area contributed by atoms with Crippen molar-refractivity contribution < 1.29 is 18.0 Å². The molecule has 0 saturated carbocycles. The molecule has 0 spiro atoms. The summed E-state index contributed by atoms with van der Waals surface area (Å²) in [6.07, 6.45) is 1.04. The van der Waals surface area contributed by atoms with Gasteiger partial charge in [0.1, 0.15) is 12.6 Å². The Hall–Kier alpha value is -2.78. The summed E-state index contributed by atoms with van der Waals surface area (Å²) < 4.78 is 28.9. The molecule has 0 radical (unpaired) electrons. The highest BCUT2D eigenvalue weighted by Gasteiger charge is 2.34. The van der Waals surface area contributed by atoms with E-state index >= 15 is 0 Å². The van der Waals surface area contributed by atoms with E-state index in [1.54, 1.807) is 68.4 Å². The fourth-order valence-electron chi connectivity index (χ4n) is 4.25. The summed E-state index contributed by atoms with van der Waals surface area (Å²) in [6, 6.07) is 16.8. The van der Waals surface area contributed by atoms with E-state index in [0.29, 0.717) is 44.8 Å². The predicted molar refractivity (Wildman–Crippen MR) is 162 cm³/mol. The summed E-state index contributed by atoms with van der Waals surface area (Å²) >= 11 is 18.5. The van der Waals surface area contributed by atoms with Crippen LogP contribution in [0.1, 0.15) is 37.8 Å². The normalized spacial score (nSPS) is 12.1. The van der Waals surface area contributed by atoms with E-state index in [-0.39, 0.29) is 17.3 Å². The monoisotopic (exact) mass is 623 g/mol. The van der Waals surface area contributed by atoms with E-state index < -0.39 is 28.5 Å². The molecule has 1 N–H and O–H groups in total. The van der Waals surface area contributed by atoms with Gasteiger partial charge in [0, 0.05) is 18.1 Å². The third-order valence-electron chi connectivity index (χ3n) is 6.31. The molecule has 0 aromatic heterocycles. The van der Waals surface area contributed by atoms with Crippen molar-refractivity contribution in [3.63, 3.8) is 0 Å². The number of halogens is 3. The minimum atomic E-state index is -4.17. The highest BCUT2D eigenvalue weighted by atomic mass is 35.5. The van der Waals surface area contributed by atoms with Gasteiger partial charge in [-0.05, 0) is 73.4 Å². The van der Waals surface area contributed by atoms with Gasteiger partial charge in [-0.3, -0.25) is 13.9 Å². The first-order valence-corrected chi connectivity index (χ1v) is 15.4. The zero-order valence-corrected chi connectivity index (χ0v) is 25.6. The maximum absolute atomic E-state index is 14.1. The SMILES string of the molecule is CCCNC(=O)C(CC)N(Cc1ccc(Cl)c(Cl)c1)C(=O)CN(c1ccc(Cl)cc1C)S(=O)(=O)c1ccccc1. The van der Waals surface area contributed by atoms with Gasteiger partial charge in [-0.1, -0.05) is 72.9 Å². The Morgan fingerprint density at radius 3 is 2.23 bits per heavy atom. The molecule has 7 nitrogen and oxygen atoms in total. The Morgan fingerprint density at radius 2 is 1.62 bits per heavy atom. The van der Waals surface area contributed by atoms with Gasteiger partial charge in [-0.25, -0.2) is 8.42 Å². The van der Waals surface area contributed by atoms with Crippen molar-refractivity contribution >= 4 is 62.3 Å². The summed E-state index contributed by atoms with van der Waals surface area (Å²) in [5.41, 5.74) is 1.52. The van der Waals surface area contributed by atoms with Crippen molar-refractivity contribution in [2.24, 2.45) is 0 Å². The highest BCUT2D eigenvalue weighted by molar-refractivity contribution is 7.92. The molecule has 0 aliphatic carbocycles. The van der Waals surface area contributed by atoms with Crippen LogP contribution in [0, 0.1) is 6.92 Å². The van der Waals surface area contributed by atoms with Gasteiger partial charge >= 0.3 is 0 Å². The van der Waals surface area contributed by atoms with E-state index in [4.69, 9.17) is 34.8 Å². The molecule has 1 atom stereocenters. The summed E-state index contributed by atoms with van der Waals surface area (Å²) in [7, 11) is -4.17. The Bertz CT molecular complexity index is 1450. The number of rotatable bonds is 12. The Labute approximate surface area is 251 Å². The van der Waals surface area contributed by atoms with Crippen molar-refractivity contribution in [1.82, 2.24) is 10.2 Å². The zero-order valence-electron chi connectivity index (χ0n) is 22.5. The second-order valence-electron chi connectivity index (χ2n) is 9.24. The van der Waals surface area contributed by atoms with Gasteiger partial charge in [0.05, 0.1) is 20.6 Å². The van der Waals surface area contributed by atoms with E-state index in [1.807, 2.05) is 6.92 Å². The zero-order chi connectivity index (χ0) is 29.4. The number of carbonyl (C=O) groups is 2. The Balaban J connectivity index is 2.09. The maximum atomic E-state index is 14.1. The lowest BCUT2D eigenvalue weighted by molar-refractivity contribution is -0.140. The molecule has 0 aliphatic rings. The molecule has 214 valence electrons. The number of hydrogen-bond donors (Lipinski definition) is 1. The molecule has 3 rings (SSSR count). The van der Waals surface area contributed by atoms with E-state index in [0.717, 1.165) is 10.7 Å². The summed E-state index contributed by atoms with van der Waals surface area (Å²) in [5.74, 6) is -0.878. The number of aryl methyl sites for hydroxylation is 1. The number of sulfonamides is 1. The predicted octanol–water partition coefficient (Wildman–Crippen LogP) is 6.48. The number of nitrogens with zero attached hydrogens (tertiary/aromatic N) is 2. The quantitative estimate of drug-likeness (QED) is 0.250. The molecule has 11 heteroatoms. The van der Waals surface area contributed by atoms with Gasteiger partial charge in [0.25, 0.3) is 10.0 Å². The molecule has 3 aromatic rings. The topological polar surface area (TPSA) is 86.8 Å². The average molecular weight is 625 g/mol. The molecule has 0 aliphatic heterocycles. The van der Waals surface area contributed by atoms with Crippen LogP contribution in [-0.4, -0.2) is 44.3 Å². The van der Waals surface area contributed by atoms with Crippen LogP contribution in [0.5, 0.6) is 0 Å². The Kier molecular flexibility index (Phi) is 11.3. The number of nitrogens with one attached hydrogen (secondary N) is 1. The second-order valence-corrected chi connectivity index (χ2v) is 12.4. The van der Waals surface area contributed by atoms with Gasteiger partial charge in [0.2, 0.25) is 11.8 Å². The van der Waals surface area contributed by atoms with Crippen molar-refractivity contribution in [2.75, 3.05) is 17.4 Å². The van der Waals surface area contributed by atoms with Crippen molar-refractivity contribution in [1.29, 1.82) is 0 Å². The second kappa shape index (κ2) is 14.2. The molecule has 0 bridgehead atoms. The number of amides is 2. The Morgan fingerprint density at radius 1 is 0.925 bits per heavy atom. The first-order valence-electron chi connectivity index (χ1n) is 12.8. The molecular formula is C29H32Cl3N3O4S. The average Bonchev–Trinajstić information content (AvgIpc) is 2.93. The third kappa shape index (κ3) is 7.69. The van der Waals surface area contributed by atoms with Crippen molar-refractivity contribution in [3.8, 4) is 0 Å².